The van der Waals surface area contributed by atoms with Crippen molar-refractivity contribution in [3.63, 3.8) is 0 Å². The van der Waals surface area contributed by atoms with Gasteiger partial charge in [-0.25, -0.2) is 0 Å². The van der Waals surface area contributed by atoms with E-state index < -0.39 is 0 Å². The first-order valence-electron chi connectivity index (χ1n) is 7.46. The third-order valence-corrected chi connectivity index (χ3v) is 3.59. The minimum absolute atomic E-state index is 0.212. The molecule has 0 aliphatic rings. The molecule has 1 aromatic heterocycles. The second-order valence-corrected chi connectivity index (χ2v) is 5.56. The van der Waals surface area contributed by atoms with Crippen LogP contribution in [0.1, 0.15) is 10.5 Å². The first-order valence-corrected chi connectivity index (χ1v) is 7.83. The largest absolute Gasteiger partial charge is 0.497 e. The molecular formula is C18H15ClN4O2. The van der Waals surface area contributed by atoms with E-state index in [1.807, 2.05) is 12.1 Å². The Morgan fingerprint density at radius 2 is 1.80 bits per heavy atom. The van der Waals surface area contributed by atoms with Gasteiger partial charge in [0.2, 0.25) is 0 Å². The summed E-state index contributed by atoms with van der Waals surface area (Å²) in [6, 6.07) is 17.6. The van der Waals surface area contributed by atoms with Gasteiger partial charge in [-0.3, -0.25) is 4.79 Å². The monoisotopic (exact) mass is 354 g/mol. The SMILES string of the molecule is COc1cccc(NC(=O)c2ccc(Nc3ccc(Cl)cc3)nn2)c1. The zero-order valence-corrected chi connectivity index (χ0v) is 14.1. The third-order valence-electron chi connectivity index (χ3n) is 3.34. The van der Waals surface area contributed by atoms with Gasteiger partial charge in [0.15, 0.2) is 11.5 Å². The van der Waals surface area contributed by atoms with Gasteiger partial charge in [0.05, 0.1) is 7.11 Å². The summed E-state index contributed by atoms with van der Waals surface area (Å²) < 4.78 is 5.13. The number of amides is 1. The molecule has 7 heteroatoms. The van der Waals surface area contributed by atoms with Crippen LogP contribution in [0.15, 0.2) is 60.7 Å². The normalized spacial score (nSPS) is 10.2. The summed E-state index contributed by atoms with van der Waals surface area (Å²) in [5.74, 6) is 0.838. The van der Waals surface area contributed by atoms with Gasteiger partial charge < -0.3 is 15.4 Å². The summed E-state index contributed by atoms with van der Waals surface area (Å²) >= 11 is 5.85. The van der Waals surface area contributed by atoms with Crippen LogP contribution < -0.4 is 15.4 Å². The fourth-order valence-corrected chi connectivity index (χ4v) is 2.22. The molecule has 126 valence electrons. The molecule has 0 aliphatic carbocycles. The highest BCUT2D eigenvalue weighted by atomic mass is 35.5. The van der Waals surface area contributed by atoms with Crippen LogP contribution in [0.4, 0.5) is 17.2 Å². The molecule has 3 aromatic rings. The summed E-state index contributed by atoms with van der Waals surface area (Å²) in [6.07, 6.45) is 0. The lowest BCUT2D eigenvalue weighted by atomic mass is 10.3. The van der Waals surface area contributed by atoms with Crippen molar-refractivity contribution in [1.29, 1.82) is 0 Å². The molecule has 1 heterocycles. The number of anilines is 3. The molecule has 25 heavy (non-hydrogen) atoms. The molecular weight excluding hydrogens is 340 g/mol. The molecule has 3 rings (SSSR count). The lowest BCUT2D eigenvalue weighted by Gasteiger charge is -2.07. The minimum atomic E-state index is -0.348. The number of nitrogens with one attached hydrogen (secondary N) is 2. The van der Waals surface area contributed by atoms with Gasteiger partial charge in [-0.05, 0) is 48.5 Å². The molecule has 0 unspecified atom stereocenters. The first kappa shape index (κ1) is 16.7. The van der Waals surface area contributed by atoms with Crippen LogP contribution in [0.5, 0.6) is 5.75 Å². The highest BCUT2D eigenvalue weighted by Crippen LogP contribution is 2.19. The molecule has 0 radical (unpaired) electrons. The van der Waals surface area contributed by atoms with Crippen molar-refractivity contribution in [2.45, 2.75) is 0 Å². The number of methoxy groups -OCH3 is 1. The molecule has 6 nitrogen and oxygen atoms in total. The van der Waals surface area contributed by atoms with E-state index in [4.69, 9.17) is 16.3 Å². The van der Waals surface area contributed by atoms with E-state index in [1.165, 1.54) is 0 Å². The van der Waals surface area contributed by atoms with Gasteiger partial charge >= 0.3 is 0 Å². The maximum Gasteiger partial charge on any atom is 0.276 e. The number of rotatable bonds is 5. The number of nitrogens with zero attached hydrogens (tertiary/aromatic N) is 2. The Labute approximate surface area is 149 Å². The van der Waals surface area contributed by atoms with Crippen LogP contribution >= 0.6 is 11.6 Å². The predicted octanol–water partition coefficient (Wildman–Crippen LogP) is 4.13. The number of hydrogen-bond donors (Lipinski definition) is 2. The quantitative estimate of drug-likeness (QED) is 0.720. The van der Waals surface area contributed by atoms with Crippen LogP contribution in [-0.4, -0.2) is 23.2 Å². The van der Waals surface area contributed by atoms with Crippen molar-refractivity contribution in [1.82, 2.24) is 10.2 Å². The predicted molar refractivity (Wildman–Crippen MR) is 97.7 cm³/mol. The van der Waals surface area contributed by atoms with Gasteiger partial charge in [-0.15, -0.1) is 10.2 Å². The van der Waals surface area contributed by atoms with E-state index in [-0.39, 0.29) is 11.6 Å². The summed E-state index contributed by atoms with van der Waals surface area (Å²) in [7, 11) is 1.57. The molecule has 0 saturated carbocycles. The van der Waals surface area contributed by atoms with E-state index in [2.05, 4.69) is 20.8 Å². The Morgan fingerprint density at radius 3 is 2.48 bits per heavy atom. The third kappa shape index (κ3) is 4.45. The van der Waals surface area contributed by atoms with Crippen molar-refractivity contribution < 1.29 is 9.53 Å². The highest BCUT2D eigenvalue weighted by molar-refractivity contribution is 6.30. The fourth-order valence-electron chi connectivity index (χ4n) is 2.10. The first-order chi connectivity index (χ1) is 12.1. The van der Waals surface area contributed by atoms with Gasteiger partial charge in [0, 0.05) is 22.5 Å². The van der Waals surface area contributed by atoms with Crippen LogP contribution in [-0.2, 0) is 0 Å². The fraction of sp³-hybridized carbons (Fsp3) is 0.0556. The number of aromatic nitrogens is 2. The van der Waals surface area contributed by atoms with Crippen LogP contribution in [0.25, 0.3) is 0 Å². The van der Waals surface area contributed by atoms with Gasteiger partial charge in [-0.2, -0.15) is 0 Å². The maximum absolute atomic E-state index is 12.2. The summed E-state index contributed by atoms with van der Waals surface area (Å²) in [4.78, 5) is 12.2. The number of hydrogen-bond acceptors (Lipinski definition) is 5. The molecule has 0 bridgehead atoms. The molecule has 0 fully saturated rings. The molecule has 0 saturated heterocycles. The highest BCUT2D eigenvalue weighted by Gasteiger charge is 2.09. The van der Waals surface area contributed by atoms with Gasteiger partial charge in [-0.1, -0.05) is 17.7 Å². The molecule has 2 N–H and O–H groups in total. The van der Waals surface area contributed by atoms with E-state index in [9.17, 15) is 4.79 Å². The number of carbonyl (C=O) groups excluding carboxylic acids is 1. The zero-order valence-electron chi connectivity index (χ0n) is 13.4. The van der Waals surface area contributed by atoms with Crippen LogP contribution in [0.2, 0.25) is 5.02 Å². The van der Waals surface area contributed by atoms with Crippen molar-refractivity contribution in [3.8, 4) is 5.75 Å². The Bertz CT molecular complexity index is 867. The van der Waals surface area contributed by atoms with Crippen LogP contribution in [0.3, 0.4) is 0 Å². The lowest BCUT2D eigenvalue weighted by Crippen LogP contribution is -2.14. The Hall–Kier alpha value is -3.12. The second-order valence-electron chi connectivity index (χ2n) is 5.12. The van der Waals surface area contributed by atoms with Crippen molar-refractivity contribution >= 4 is 34.7 Å². The van der Waals surface area contributed by atoms with E-state index >= 15 is 0 Å². The average Bonchev–Trinajstić information content (AvgIpc) is 2.64. The summed E-state index contributed by atoms with van der Waals surface area (Å²) in [5, 5.41) is 14.4. The Morgan fingerprint density at radius 1 is 1.00 bits per heavy atom. The zero-order chi connectivity index (χ0) is 17.6. The lowest BCUT2D eigenvalue weighted by molar-refractivity contribution is 0.102. The maximum atomic E-state index is 12.2. The number of benzene rings is 2. The Balaban J connectivity index is 1.66. The molecule has 1 amide bonds. The average molecular weight is 355 g/mol. The summed E-state index contributed by atoms with van der Waals surface area (Å²) in [5.41, 5.74) is 1.66. The number of halogens is 1. The topological polar surface area (TPSA) is 76.1 Å². The van der Waals surface area contributed by atoms with E-state index in [0.717, 1.165) is 5.69 Å². The second kappa shape index (κ2) is 7.63. The van der Waals surface area contributed by atoms with Gasteiger partial charge in [0.1, 0.15) is 5.75 Å². The van der Waals surface area contributed by atoms with Crippen LogP contribution in [0, 0.1) is 0 Å². The van der Waals surface area contributed by atoms with Crippen molar-refractivity contribution in [2.24, 2.45) is 0 Å². The van der Waals surface area contributed by atoms with E-state index in [0.29, 0.717) is 22.3 Å². The molecule has 0 aliphatic heterocycles. The molecule has 0 spiro atoms. The smallest absolute Gasteiger partial charge is 0.276 e. The standard InChI is InChI=1S/C18H15ClN4O2/c1-25-15-4-2-3-14(11-15)21-18(24)16-9-10-17(23-22-16)20-13-7-5-12(19)6-8-13/h2-11H,1H3,(H,20,23)(H,21,24). The Kier molecular flexibility index (Phi) is 5.11. The van der Waals surface area contributed by atoms with E-state index in [1.54, 1.807) is 55.6 Å². The number of carbonyl (C=O) groups is 1. The minimum Gasteiger partial charge on any atom is -0.497 e. The van der Waals surface area contributed by atoms with Gasteiger partial charge in [0.25, 0.3) is 5.91 Å². The van der Waals surface area contributed by atoms with Crippen molar-refractivity contribution in [3.05, 3.63) is 71.4 Å². The number of ether oxygens (including phenoxy) is 1. The molecule has 2 aromatic carbocycles. The summed E-state index contributed by atoms with van der Waals surface area (Å²) in [6.45, 7) is 0. The van der Waals surface area contributed by atoms with Crippen molar-refractivity contribution in [2.75, 3.05) is 17.7 Å². The molecule has 0 atom stereocenters.